The Morgan fingerprint density at radius 1 is 1.18 bits per heavy atom. The molecule has 2 aliphatic heterocycles. The van der Waals surface area contributed by atoms with Gasteiger partial charge in [-0.15, -0.1) is 12.4 Å². The molecule has 1 unspecified atom stereocenters. The van der Waals surface area contributed by atoms with Crippen molar-refractivity contribution >= 4 is 41.3 Å². The molecule has 0 spiro atoms. The zero-order valence-electron chi connectivity index (χ0n) is 18.7. The number of hydrogen-bond donors (Lipinski definition) is 2. The molecule has 0 fully saturated rings. The third-order valence-electron chi connectivity index (χ3n) is 5.11. The number of nitrogens with zero attached hydrogens (tertiary/aromatic N) is 1. The van der Waals surface area contributed by atoms with Gasteiger partial charge in [-0.2, -0.15) is 13.2 Å². The lowest BCUT2D eigenvalue weighted by Crippen LogP contribution is -2.34. The largest absolute Gasteiger partial charge is 0.466 e. The van der Waals surface area contributed by atoms with E-state index in [0.717, 1.165) is 23.8 Å². The van der Waals surface area contributed by atoms with Gasteiger partial charge in [-0.1, -0.05) is 23.9 Å². The van der Waals surface area contributed by atoms with E-state index in [1.54, 1.807) is 13.8 Å². The number of hydrogen-bond acceptors (Lipinski definition) is 8. The first kappa shape index (κ1) is 27.6. The lowest BCUT2D eigenvalue weighted by molar-refractivity contribution is -0.139. The van der Waals surface area contributed by atoms with Crippen molar-refractivity contribution in [1.29, 1.82) is 0 Å². The molecule has 0 aromatic heterocycles. The van der Waals surface area contributed by atoms with Crippen LogP contribution in [0.3, 0.4) is 0 Å². The highest BCUT2D eigenvalue weighted by Gasteiger charge is 2.39. The number of allylic oxidation sites excluding steroid dienone is 1. The molecule has 1 atom stereocenters. The molecule has 0 amide bonds. The van der Waals surface area contributed by atoms with Crippen LogP contribution in [0.2, 0.25) is 0 Å². The predicted molar refractivity (Wildman–Crippen MR) is 126 cm³/mol. The second kappa shape index (κ2) is 11.7. The predicted octanol–water partition coefficient (Wildman–Crippen LogP) is 3.77. The van der Waals surface area contributed by atoms with Crippen molar-refractivity contribution < 1.29 is 32.2 Å². The fourth-order valence-electron chi connectivity index (χ4n) is 3.65. The van der Waals surface area contributed by atoms with Crippen LogP contribution < -0.4 is 10.6 Å². The second-order valence-electron chi connectivity index (χ2n) is 7.22. The van der Waals surface area contributed by atoms with Crippen molar-refractivity contribution in [1.82, 2.24) is 10.6 Å². The summed E-state index contributed by atoms with van der Waals surface area (Å²) in [4.78, 5) is 30.0. The van der Waals surface area contributed by atoms with E-state index >= 15 is 0 Å². The molecule has 0 radical (unpaired) electrons. The van der Waals surface area contributed by atoms with Crippen LogP contribution >= 0.6 is 24.2 Å². The molecular weight excluding hydrogens is 495 g/mol. The summed E-state index contributed by atoms with van der Waals surface area (Å²) in [6, 6.07) is 4.38. The van der Waals surface area contributed by atoms with Crippen molar-refractivity contribution in [2.75, 3.05) is 32.6 Å². The fourth-order valence-corrected chi connectivity index (χ4v) is 4.55. The number of carbonyl (C=O) groups excluding carboxylic acids is 2. The van der Waals surface area contributed by atoms with Crippen LogP contribution in [0.15, 0.2) is 51.8 Å². The summed E-state index contributed by atoms with van der Waals surface area (Å²) in [7, 11) is 1.21. The normalized spacial score (nSPS) is 17.9. The van der Waals surface area contributed by atoms with E-state index in [1.165, 1.54) is 31.0 Å². The van der Waals surface area contributed by atoms with E-state index in [4.69, 9.17) is 9.47 Å². The number of esters is 2. The molecule has 0 saturated carbocycles. The summed E-state index contributed by atoms with van der Waals surface area (Å²) in [5, 5.41) is 6.95. The number of rotatable bonds is 6. The second-order valence-corrected chi connectivity index (χ2v) is 8.19. The minimum absolute atomic E-state index is 0. The summed E-state index contributed by atoms with van der Waals surface area (Å²) in [6.07, 6.45) is -4.51. The lowest BCUT2D eigenvalue weighted by atomic mass is 9.80. The SMILES string of the molecule is CCOC(=O)C1=C(C)NC(CSC2=NCCN2)=C(C(=O)OC)C1c1ccc(C(F)(F)F)cc1.Cl. The van der Waals surface area contributed by atoms with Gasteiger partial charge >= 0.3 is 18.1 Å². The fraction of sp³-hybridized carbons (Fsp3) is 0.409. The van der Waals surface area contributed by atoms with Gasteiger partial charge in [-0.05, 0) is 31.5 Å². The van der Waals surface area contributed by atoms with Gasteiger partial charge < -0.3 is 20.1 Å². The molecule has 2 N–H and O–H groups in total. The Kier molecular flexibility index (Phi) is 9.45. The summed E-state index contributed by atoms with van der Waals surface area (Å²) in [6.45, 7) is 4.78. The molecule has 1 aromatic carbocycles. The van der Waals surface area contributed by atoms with E-state index < -0.39 is 29.6 Å². The van der Waals surface area contributed by atoms with Gasteiger partial charge in [-0.3, -0.25) is 4.99 Å². The average Bonchev–Trinajstić information content (AvgIpc) is 3.30. The maximum absolute atomic E-state index is 13.1. The number of nitrogens with one attached hydrogen (secondary N) is 2. The maximum Gasteiger partial charge on any atom is 0.416 e. The van der Waals surface area contributed by atoms with Crippen LogP contribution in [0.4, 0.5) is 13.2 Å². The number of thioether (sulfide) groups is 1. The Bertz CT molecular complexity index is 1020. The van der Waals surface area contributed by atoms with Crippen LogP contribution in [-0.2, 0) is 25.2 Å². The Morgan fingerprint density at radius 3 is 2.38 bits per heavy atom. The quantitative estimate of drug-likeness (QED) is 0.553. The molecule has 2 heterocycles. The molecule has 186 valence electrons. The summed E-state index contributed by atoms with van der Waals surface area (Å²) in [5.74, 6) is -2.02. The van der Waals surface area contributed by atoms with Crippen molar-refractivity contribution in [3.8, 4) is 0 Å². The summed E-state index contributed by atoms with van der Waals surface area (Å²) >= 11 is 1.37. The molecular formula is C22H25ClF3N3O4S. The van der Waals surface area contributed by atoms with E-state index in [0.29, 0.717) is 29.3 Å². The molecule has 2 aliphatic rings. The van der Waals surface area contributed by atoms with Gasteiger partial charge in [0.2, 0.25) is 0 Å². The van der Waals surface area contributed by atoms with Gasteiger partial charge in [0.15, 0.2) is 5.17 Å². The van der Waals surface area contributed by atoms with E-state index in [1.807, 2.05) is 0 Å². The Hall–Kier alpha value is -2.66. The number of aliphatic imine (C=N–C) groups is 1. The number of amidine groups is 1. The molecule has 34 heavy (non-hydrogen) atoms. The molecule has 3 rings (SSSR count). The van der Waals surface area contributed by atoms with E-state index in [-0.39, 0.29) is 30.2 Å². The molecule has 0 saturated heterocycles. The minimum Gasteiger partial charge on any atom is -0.466 e. The number of alkyl halides is 3. The number of methoxy groups -OCH3 is 1. The first-order valence-electron chi connectivity index (χ1n) is 10.2. The average molecular weight is 520 g/mol. The molecule has 0 aliphatic carbocycles. The number of carbonyl (C=O) groups is 2. The van der Waals surface area contributed by atoms with Crippen molar-refractivity contribution in [2.45, 2.75) is 25.9 Å². The van der Waals surface area contributed by atoms with Gasteiger partial charge in [0.05, 0.1) is 42.9 Å². The third-order valence-corrected chi connectivity index (χ3v) is 6.09. The lowest BCUT2D eigenvalue weighted by Gasteiger charge is -2.31. The number of ether oxygens (including phenoxy) is 2. The van der Waals surface area contributed by atoms with E-state index in [9.17, 15) is 22.8 Å². The summed E-state index contributed by atoms with van der Waals surface area (Å²) in [5.41, 5.74) is 0.718. The zero-order chi connectivity index (χ0) is 24.2. The Morgan fingerprint density at radius 2 is 1.85 bits per heavy atom. The molecule has 1 aromatic rings. The Balaban J connectivity index is 0.00000408. The number of dihydropyridines is 1. The van der Waals surface area contributed by atoms with Gasteiger partial charge in [0.1, 0.15) is 0 Å². The monoisotopic (exact) mass is 519 g/mol. The number of halogens is 4. The summed E-state index contributed by atoms with van der Waals surface area (Å²) < 4.78 is 49.5. The zero-order valence-corrected chi connectivity index (χ0v) is 20.4. The van der Waals surface area contributed by atoms with Crippen LogP contribution in [0.25, 0.3) is 0 Å². The van der Waals surface area contributed by atoms with Gasteiger partial charge in [0.25, 0.3) is 0 Å². The van der Waals surface area contributed by atoms with Crippen molar-refractivity contribution in [3.05, 3.63) is 57.9 Å². The highest BCUT2D eigenvalue weighted by atomic mass is 35.5. The smallest absolute Gasteiger partial charge is 0.416 e. The first-order valence-corrected chi connectivity index (χ1v) is 11.2. The van der Waals surface area contributed by atoms with E-state index in [2.05, 4.69) is 15.6 Å². The Labute approximate surface area is 205 Å². The highest BCUT2D eigenvalue weighted by molar-refractivity contribution is 8.14. The topological polar surface area (TPSA) is 89.0 Å². The van der Waals surface area contributed by atoms with Crippen LogP contribution in [0, 0.1) is 0 Å². The van der Waals surface area contributed by atoms with Crippen LogP contribution in [0.1, 0.15) is 30.9 Å². The van der Waals surface area contributed by atoms with Crippen molar-refractivity contribution in [2.24, 2.45) is 4.99 Å². The molecule has 0 bridgehead atoms. The molecule has 12 heteroatoms. The third kappa shape index (κ3) is 6.06. The highest BCUT2D eigenvalue weighted by Crippen LogP contribution is 2.41. The van der Waals surface area contributed by atoms with Crippen molar-refractivity contribution in [3.63, 3.8) is 0 Å². The van der Waals surface area contributed by atoms with Crippen LogP contribution in [-0.4, -0.2) is 49.7 Å². The number of benzene rings is 1. The standard InChI is InChI=1S/C22H24F3N3O4S.ClH/c1-4-32-20(30)16-12(2)28-15(11-33-21-26-9-10-27-21)18(19(29)31-3)17(16)13-5-7-14(8-6-13)22(23,24)25;/h5-8,17,28H,4,9-11H2,1-3H3,(H,26,27);1H. The first-order chi connectivity index (χ1) is 15.7. The van der Waals surface area contributed by atoms with Gasteiger partial charge in [-0.25, -0.2) is 9.59 Å². The minimum atomic E-state index is -4.51. The van der Waals surface area contributed by atoms with Gasteiger partial charge in [0, 0.05) is 23.7 Å². The molecule has 7 nitrogen and oxygen atoms in total. The van der Waals surface area contributed by atoms with Crippen LogP contribution in [0.5, 0.6) is 0 Å². The maximum atomic E-state index is 13.1.